The van der Waals surface area contributed by atoms with E-state index in [-0.39, 0.29) is 18.9 Å². The van der Waals surface area contributed by atoms with Gasteiger partial charge in [0.1, 0.15) is 0 Å². The molecule has 2 amide bonds. The largest absolute Gasteiger partial charge is 0.391 e. The van der Waals surface area contributed by atoms with Crippen LogP contribution < -0.4 is 10.6 Å². The van der Waals surface area contributed by atoms with Gasteiger partial charge in [-0.05, 0) is 33.1 Å². The van der Waals surface area contributed by atoms with Gasteiger partial charge in [0, 0.05) is 11.4 Å². The maximum atomic E-state index is 12.8. The number of urea groups is 1. The second kappa shape index (κ2) is 6.85. The van der Waals surface area contributed by atoms with E-state index >= 15 is 0 Å². The molecule has 2 rings (SSSR count). The quantitative estimate of drug-likeness (QED) is 0.879. The standard InChI is InChI=1S/C14H20F3N3OS/c1-8(12-7-22-9(2)19-12)18-13(21)20-11-5-3-4-10(6-11)14(15,16)17/h7-8,10-11H,3-6H2,1-2H3,(H2,18,20,21)/t8-,10+,11+/m0/s1. The molecule has 1 aromatic heterocycles. The highest BCUT2D eigenvalue weighted by Crippen LogP contribution is 2.37. The van der Waals surface area contributed by atoms with E-state index in [1.54, 1.807) is 6.92 Å². The van der Waals surface area contributed by atoms with E-state index in [1.165, 1.54) is 11.3 Å². The van der Waals surface area contributed by atoms with Gasteiger partial charge in [0.05, 0.1) is 22.7 Å². The third kappa shape index (κ3) is 4.59. The van der Waals surface area contributed by atoms with Crippen molar-refractivity contribution in [3.8, 4) is 0 Å². The number of alkyl halides is 3. The predicted octanol–water partition coefficient (Wildman–Crippen LogP) is 3.93. The molecule has 1 saturated carbocycles. The van der Waals surface area contributed by atoms with Crippen molar-refractivity contribution in [3.05, 3.63) is 16.1 Å². The Morgan fingerprint density at radius 2 is 2.18 bits per heavy atom. The fourth-order valence-electron chi connectivity index (χ4n) is 2.69. The summed E-state index contributed by atoms with van der Waals surface area (Å²) in [4.78, 5) is 16.2. The van der Waals surface area contributed by atoms with Crippen molar-refractivity contribution in [1.82, 2.24) is 15.6 Å². The third-order valence-corrected chi connectivity index (χ3v) is 4.69. The zero-order valence-corrected chi connectivity index (χ0v) is 13.4. The maximum absolute atomic E-state index is 12.8. The minimum atomic E-state index is -4.18. The lowest BCUT2D eigenvalue weighted by molar-refractivity contribution is -0.183. The number of hydrogen-bond acceptors (Lipinski definition) is 3. The zero-order valence-electron chi connectivity index (χ0n) is 12.5. The van der Waals surface area contributed by atoms with Crippen LogP contribution in [0, 0.1) is 12.8 Å². The highest BCUT2D eigenvalue weighted by Gasteiger charge is 2.42. The average molecular weight is 335 g/mol. The molecule has 8 heteroatoms. The van der Waals surface area contributed by atoms with Crippen LogP contribution in [0.5, 0.6) is 0 Å². The van der Waals surface area contributed by atoms with E-state index in [2.05, 4.69) is 15.6 Å². The number of nitrogens with one attached hydrogen (secondary N) is 2. The molecule has 0 radical (unpaired) electrons. The van der Waals surface area contributed by atoms with Crippen LogP contribution in [0.25, 0.3) is 0 Å². The van der Waals surface area contributed by atoms with Crippen molar-refractivity contribution in [2.45, 2.75) is 57.8 Å². The first-order chi connectivity index (χ1) is 10.3. The SMILES string of the molecule is Cc1nc([C@H](C)NC(=O)N[C@@H]2CCC[C@@H](C(F)(F)F)C2)cs1. The Morgan fingerprint density at radius 1 is 1.45 bits per heavy atom. The lowest BCUT2D eigenvalue weighted by Crippen LogP contribution is -2.46. The van der Waals surface area contributed by atoms with Gasteiger partial charge < -0.3 is 10.6 Å². The molecule has 1 aliphatic rings. The predicted molar refractivity (Wildman–Crippen MR) is 78.7 cm³/mol. The number of halogens is 3. The van der Waals surface area contributed by atoms with Gasteiger partial charge in [0.25, 0.3) is 0 Å². The number of aryl methyl sites for hydroxylation is 1. The van der Waals surface area contributed by atoms with Gasteiger partial charge in [-0.15, -0.1) is 11.3 Å². The Morgan fingerprint density at radius 3 is 2.77 bits per heavy atom. The molecule has 1 aromatic rings. The van der Waals surface area contributed by atoms with Gasteiger partial charge in [-0.1, -0.05) is 6.42 Å². The molecule has 0 aromatic carbocycles. The summed E-state index contributed by atoms with van der Waals surface area (Å²) in [6.07, 6.45) is -3.00. The number of rotatable bonds is 3. The molecule has 22 heavy (non-hydrogen) atoms. The molecule has 0 spiro atoms. The first-order valence-corrected chi connectivity index (χ1v) is 8.19. The molecule has 0 saturated heterocycles. The van der Waals surface area contributed by atoms with E-state index in [4.69, 9.17) is 0 Å². The summed E-state index contributed by atoms with van der Waals surface area (Å²) in [5.41, 5.74) is 0.759. The molecule has 4 nitrogen and oxygen atoms in total. The van der Waals surface area contributed by atoms with Crippen molar-refractivity contribution in [2.75, 3.05) is 0 Å². The molecule has 3 atom stereocenters. The van der Waals surface area contributed by atoms with Gasteiger partial charge in [-0.25, -0.2) is 9.78 Å². The van der Waals surface area contributed by atoms with Crippen LogP contribution in [0.3, 0.4) is 0 Å². The van der Waals surface area contributed by atoms with E-state index in [0.717, 1.165) is 10.7 Å². The zero-order chi connectivity index (χ0) is 16.3. The highest BCUT2D eigenvalue weighted by molar-refractivity contribution is 7.09. The number of aromatic nitrogens is 1. The Balaban J connectivity index is 1.84. The lowest BCUT2D eigenvalue weighted by atomic mass is 9.85. The number of thiazole rings is 1. The smallest absolute Gasteiger partial charge is 0.335 e. The Hall–Kier alpha value is -1.31. The third-order valence-electron chi connectivity index (χ3n) is 3.90. The van der Waals surface area contributed by atoms with Crippen molar-refractivity contribution in [1.29, 1.82) is 0 Å². The Bertz CT molecular complexity index is 518. The van der Waals surface area contributed by atoms with E-state index in [0.29, 0.717) is 12.8 Å². The molecule has 1 aliphatic carbocycles. The first kappa shape index (κ1) is 17.1. The van der Waals surface area contributed by atoms with Crippen LogP contribution in [-0.4, -0.2) is 23.2 Å². The van der Waals surface area contributed by atoms with Gasteiger partial charge in [0.15, 0.2) is 0 Å². The number of hydrogen-bond donors (Lipinski definition) is 2. The molecule has 124 valence electrons. The minimum Gasteiger partial charge on any atom is -0.335 e. The summed E-state index contributed by atoms with van der Waals surface area (Å²) in [5.74, 6) is -1.31. The molecule has 2 N–H and O–H groups in total. The molecule has 1 fully saturated rings. The fourth-order valence-corrected chi connectivity index (χ4v) is 3.40. The van der Waals surface area contributed by atoms with Crippen LogP contribution in [0.4, 0.5) is 18.0 Å². The van der Waals surface area contributed by atoms with Gasteiger partial charge in [0.2, 0.25) is 0 Å². The van der Waals surface area contributed by atoms with Gasteiger partial charge in [-0.3, -0.25) is 0 Å². The number of nitrogens with zero attached hydrogens (tertiary/aromatic N) is 1. The van der Waals surface area contributed by atoms with E-state index in [1.807, 2.05) is 12.3 Å². The summed E-state index contributed by atoms with van der Waals surface area (Å²) in [6, 6.07) is -1.14. The van der Waals surface area contributed by atoms with Crippen LogP contribution in [-0.2, 0) is 0 Å². The van der Waals surface area contributed by atoms with Crippen LogP contribution in [0.15, 0.2) is 5.38 Å². The van der Waals surface area contributed by atoms with Crippen molar-refractivity contribution < 1.29 is 18.0 Å². The molecule has 0 bridgehead atoms. The molecule has 1 heterocycles. The summed E-state index contributed by atoms with van der Waals surface area (Å²) < 4.78 is 38.3. The molecular weight excluding hydrogens is 315 g/mol. The summed E-state index contributed by atoms with van der Waals surface area (Å²) in [7, 11) is 0. The number of carbonyl (C=O) groups is 1. The second-order valence-electron chi connectivity index (χ2n) is 5.73. The molecule has 0 unspecified atom stereocenters. The summed E-state index contributed by atoms with van der Waals surface area (Å²) >= 11 is 1.49. The topological polar surface area (TPSA) is 54.0 Å². The minimum absolute atomic E-state index is 0.0406. The second-order valence-corrected chi connectivity index (χ2v) is 6.80. The Labute approximate surface area is 131 Å². The van der Waals surface area contributed by atoms with Crippen LogP contribution in [0.1, 0.15) is 49.4 Å². The van der Waals surface area contributed by atoms with Gasteiger partial charge in [-0.2, -0.15) is 13.2 Å². The molecule has 0 aliphatic heterocycles. The van der Waals surface area contributed by atoms with Crippen LogP contribution in [0.2, 0.25) is 0 Å². The number of carbonyl (C=O) groups excluding carboxylic acids is 1. The normalized spacial score (nSPS) is 23.9. The lowest BCUT2D eigenvalue weighted by Gasteiger charge is -2.31. The van der Waals surface area contributed by atoms with E-state index in [9.17, 15) is 18.0 Å². The maximum Gasteiger partial charge on any atom is 0.391 e. The van der Waals surface area contributed by atoms with Crippen molar-refractivity contribution >= 4 is 17.4 Å². The summed E-state index contributed by atoms with van der Waals surface area (Å²) in [5, 5.41) is 8.15. The van der Waals surface area contributed by atoms with E-state index < -0.39 is 24.2 Å². The molecular formula is C14H20F3N3OS. The monoisotopic (exact) mass is 335 g/mol. The summed E-state index contributed by atoms with van der Waals surface area (Å²) in [6.45, 7) is 3.67. The number of amides is 2. The highest BCUT2D eigenvalue weighted by atomic mass is 32.1. The van der Waals surface area contributed by atoms with Gasteiger partial charge >= 0.3 is 12.2 Å². The first-order valence-electron chi connectivity index (χ1n) is 7.31. The van der Waals surface area contributed by atoms with Crippen LogP contribution >= 0.6 is 11.3 Å². The van der Waals surface area contributed by atoms with Crippen molar-refractivity contribution in [3.63, 3.8) is 0 Å². The van der Waals surface area contributed by atoms with Crippen molar-refractivity contribution in [2.24, 2.45) is 5.92 Å². The Kier molecular flexibility index (Phi) is 5.31. The fraction of sp³-hybridized carbons (Fsp3) is 0.714. The average Bonchev–Trinajstić information content (AvgIpc) is 2.84.